The molecule has 25 heavy (non-hydrogen) atoms. The molecule has 2 aliphatic carbocycles. The molecule has 0 heterocycles. The van der Waals surface area contributed by atoms with Crippen molar-refractivity contribution in [2.75, 3.05) is 21.3 Å². The quantitative estimate of drug-likeness (QED) is 0.555. The highest BCUT2D eigenvalue weighted by atomic mass is 16.5. The predicted octanol–water partition coefficient (Wildman–Crippen LogP) is 2.08. The van der Waals surface area contributed by atoms with E-state index < -0.39 is 0 Å². The Kier molecular flexibility index (Phi) is 9.57. The average Bonchev–Trinajstić information content (AvgIpc) is 2.66. The molecule has 0 bridgehead atoms. The smallest absolute Gasteiger partial charge is 0.309 e. The maximum atomic E-state index is 11.9. The van der Waals surface area contributed by atoms with Crippen LogP contribution in [-0.4, -0.2) is 46.2 Å². The second-order valence-corrected chi connectivity index (χ2v) is 7.08. The number of carbonyl (C=O) groups excluding carboxylic acids is 4. The summed E-state index contributed by atoms with van der Waals surface area (Å²) < 4.78 is 9.08. The molecule has 0 radical (unpaired) electrons. The van der Waals surface area contributed by atoms with E-state index in [2.05, 4.69) is 4.74 Å². The molecule has 0 spiro atoms. The fraction of sp³-hybridized carbons (Fsp3) is 0.789. The maximum absolute atomic E-state index is 11.9. The SMILES string of the molecule is COC.COC(=O)C1CC(C2CCC(C=O)C(C=O)C2)CCC1C=O. The number of hydrogen-bond donors (Lipinski definition) is 0. The number of ether oxygens (including phenoxy) is 2. The normalized spacial score (nSPS) is 34.8. The van der Waals surface area contributed by atoms with Crippen LogP contribution in [0, 0.1) is 35.5 Å². The molecule has 6 heteroatoms. The van der Waals surface area contributed by atoms with Gasteiger partial charge in [0, 0.05) is 32.0 Å². The molecular weight excluding hydrogens is 324 g/mol. The van der Waals surface area contributed by atoms with Gasteiger partial charge in [-0.15, -0.1) is 0 Å². The molecule has 0 aliphatic heterocycles. The summed E-state index contributed by atoms with van der Waals surface area (Å²) in [5, 5.41) is 0. The van der Waals surface area contributed by atoms with Gasteiger partial charge in [-0.1, -0.05) is 0 Å². The van der Waals surface area contributed by atoms with Crippen LogP contribution in [0.1, 0.15) is 38.5 Å². The lowest BCUT2D eigenvalue weighted by Gasteiger charge is -2.40. The summed E-state index contributed by atoms with van der Waals surface area (Å²) in [6.45, 7) is 0. The first-order valence-electron chi connectivity index (χ1n) is 8.89. The summed E-state index contributed by atoms with van der Waals surface area (Å²) in [6, 6.07) is 0. The number of rotatable bonds is 5. The van der Waals surface area contributed by atoms with E-state index in [1.807, 2.05) is 0 Å². The molecule has 0 amide bonds. The molecule has 0 aromatic carbocycles. The van der Waals surface area contributed by atoms with Crippen molar-refractivity contribution < 1.29 is 28.7 Å². The van der Waals surface area contributed by atoms with Crippen LogP contribution in [-0.2, 0) is 28.7 Å². The van der Waals surface area contributed by atoms with E-state index in [4.69, 9.17) is 4.74 Å². The Labute approximate surface area is 149 Å². The van der Waals surface area contributed by atoms with Crippen LogP contribution in [0.2, 0.25) is 0 Å². The minimum Gasteiger partial charge on any atom is -0.469 e. The van der Waals surface area contributed by atoms with E-state index in [9.17, 15) is 19.2 Å². The van der Waals surface area contributed by atoms with E-state index in [1.54, 1.807) is 14.2 Å². The molecule has 142 valence electrons. The lowest BCUT2D eigenvalue weighted by Crippen LogP contribution is -2.38. The van der Waals surface area contributed by atoms with Gasteiger partial charge in [0.15, 0.2) is 0 Å². The second-order valence-electron chi connectivity index (χ2n) is 7.08. The summed E-state index contributed by atoms with van der Waals surface area (Å²) in [5.41, 5.74) is 0. The van der Waals surface area contributed by atoms with Crippen LogP contribution >= 0.6 is 0 Å². The van der Waals surface area contributed by atoms with Gasteiger partial charge in [0.05, 0.1) is 13.0 Å². The fourth-order valence-electron chi connectivity index (χ4n) is 4.26. The molecule has 6 atom stereocenters. The third kappa shape index (κ3) is 5.73. The zero-order valence-corrected chi connectivity index (χ0v) is 15.4. The molecule has 2 rings (SSSR count). The summed E-state index contributed by atoms with van der Waals surface area (Å²) >= 11 is 0. The largest absolute Gasteiger partial charge is 0.469 e. The first-order chi connectivity index (χ1) is 12.1. The zero-order chi connectivity index (χ0) is 18.8. The van der Waals surface area contributed by atoms with Crippen molar-refractivity contribution in [2.24, 2.45) is 35.5 Å². The van der Waals surface area contributed by atoms with Crippen molar-refractivity contribution in [3.8, 4) is 0 Å². The highest BCUT2D eigenvalue weighted by Gasteiger charge is 2.41. The number of methoxy groups -OCH3 is 2. The monoisotopic (exact) mass is 354 g/mol. The van der Waals surface area contributed by atoms with Crippen molar-refractivity contribution in [3.05, 3.63) is 0 Å². The van der Waals surface area contributed by atoms with E-state index in [0.717, 1.165) is 44.5 Å². The molecule has 2 fully saturated rings. The van der Waals surface area contributed by atoms with E-state index >= 15 is 0 Å². The lowest BCUT2D eigenvalue weighted by molar-refractivity contribution is -0.151. The van der Waals surface area contributed by atoms with Crippen LogP contribution in [0.15, 0.2) is 0 Å². The molecular formula is C19H30O6. The number of carbonyl (C=O) groups is 4. The van der Waals surface area contributed by atoms with Gasteiger partial charge in [-0.05, 0) is 50.4 Å². The number of hydrogen-bond acceptors (Lipinski definition) is 6. The molecule has 6 nitrogen and oxygen atoms in total. The first-order valence-corrected chi connectivity index (χ1v) is 8.89. The summed E-state index contributed by atoms with van der Waals surface area (Å²) in [4.78, 5) is 45.3. The number of esters is 1. The maximum Gasteiger partial charge on any atom is 0.309 e. The zero-order valence-electron chi connectivity index (χ0n) is 15.4. The predicted molar refractivity (Wildman–Crippen MR) is 91.8 cm³/mol. The van der Waals surface area contributed by atoms with E-state index in [1.165, 1.54) is 7.11 Å². The van der Waals surface area contributed by atoms with E-state index in [-0.39, 0.29) is 29.6 Å². The second kappa shape index (κ2) is 11.1. The molecule has 0 aromatic rings. The molecule has 2 saturated carbocycles. The van der Waals surface area contributed by atoms with Gasteiger partial charge in [-0.2, -0.15) is 0 Å². The van der Waals surface area contributed by atoms with Crippen molar-refractivity contribution in [2.45, 2.75) is 38.5 Å². The van der Waals surface area contributed by atoms with Gasteiger partial charge in [0.1, 0.15) is 18.9 Å². The lowest BCUT2D eigenvalue weighted by atomic mass is 9.64. The van der Waals surface area contributed by atoms with Crippen molar-refractivity contribution in [1.29, 1.82) is 0 Å². The average molecular weight is 354 g/mol. The van der Waals surface area contributed by atoms with Gasteiger partial charge < -0.3 is 23.9 Å². The molecule has 2 aliphatic rings. The molecule has 0 aromatic heterocycles. The fourth-order valence-corrected chi connectivity index (χ4v) is 4.26. The van der Waals surface area contributed by atoms with Crippen LogP contribution < -0.4 is 0 Å². The van der Waals surface area contributed by atoms with E-state index in [0.29, 0.717) is 24.7 Å². The van der Waals surface area contributed by atoms with Crippen LogP contribution in [0.25, 0.3) is 0 Å². The minimum atomic E-state index is -0.361. The highest BCUT2D eigenvalue weighted by Crippen LogP contribution is 2.44. The molecule has 6 unspecified atom stereocenters. The summed E-state index contributed by atoms with van der Waals surface area (Å²) in [6.07, 6.45) is 7.30. The van der Waals surface area contributed by atoms with Crippen LogP contribution in [0.3, 0.4) is 0 Å². The van der Waals surface area contributed by atoms with Gasteiger partial charge in [-0.25, -0.2) is 0 Å². The standard InChI is InChI=1S/C17H24O5.C2H6O/c1-22-17(21)16-7-12(3-5-14(16)9-19)11-2-4-13(8-18)15(6-11)10-20;1-3-2/h8-16H,2-7H2,1H3;1-2H3. The van der Waals surface area contributed by atoms with Crippen LogP contribution in [0.4, 0.5) is 0 Å². The Bertz CT molecular complexity index is 449. The Morgan fingerprint density at radius 2 is 1.24 bits per heavy atom. The van der Waals surface area contributed by atoms with Gasteiger partial charge in [-0.3, -0.25) is 4.79 Å². The van der Waals surface area contributed by atoms with Crippen molar-refractivity contribution in [3.63, 3.8) is 0 Å². The third-order valence-corrected chi connectivity index (χ3v) is 5.63. The molecule has 0 N–H and O–H groups in total. The highest BCUT2D eigenvalue weighted by molar-refractivity contribution is 5.77. The number of aldehydes is 3. The third-order valence-electron chi connectivity index (χ3n) is 5.63. The summed E-state index contributed by atoms with van der Waals surface area (Å²) in [7, 11) is 4.60. The Morgan fingerprint density at radius 1 is 0.760 bits per heavy atom. The molecule has 0 saturated heterocycles. The Morgan fingerprint density at radius 3 is 1.72 bits per heavy atom. The Hall–Kier alpha value is -1.56. The Balaban J connectivity index is 0.000000970. The first kappa shape index (κ1) is 21.5. The van der Waals surface area contributed by atoms with Crippen molar-refractivity contribution in [1.82, 2.24) is 0 Å². The van der Waals surface area contributed by atoms with Gasteiger partial charge in [0.25, 0.3) is 0 Å². The van der Waals surface area contributed by atoms with Crippen LogP contribution in [0.5, 0.6) is 0 Å². The topological polar surface area (TPSA) is 86.7 Å². The van der Waals surface area contributed by atoms with Gasteiger partial charge in [0.2, 0.25) is 0 Å². The van der Waals surface area contributed by atoms with Gasteiger partial charge >= 0.3 is 5.97 Å². The van der Waals surface area contributed by atoms with Crippen molar-refractivity contribution >= 4 is 24.8 Å². The minimum absolute atomic E-state index is 0.156. The summed E-state index contributed by atoms with van der Waals surface area (Å²) in [5.74, 6) is -0.596.